The van der Waals surface area contributed by atoms with Crippen molar-refractivity contribution in [3.63, 3.8) is 0 Å². The maximum atomic E-state index is 11.1. The largest absolute Gasteiger partial charge is 0.347 e. The molecule has 0 bridgehead atoms. The van der Waals surface area contributed by atoms with Gasteiger partial charge >= 0.3 is 11.4 Å². The fourth-order valence-electron chi connectivity index (χ4n) is 0.928. The Morgan fingerprint density at radius 2 is 2.36 bits per heavy atom. The highest BCUT2D eigenvalue weighted by Crippen LogP contribution is 2.04. The van der Waals surface area contributed by atoms with E-state index in [2.05, 4.69) is 4.98 Å². The summed E-state index contributed by atoms with van der Waals surface area (Å²) in [5.74, 6) is 0.398. The summed E-state index contributed by atoms with van der Waals surface area (Å²) in [5.41, 5.74) is -0.695. The maximum absolute atomic E-state index is 11.1. The monoisotopic (exact) mass is 217 g/mol. The van der Waals surface area contributed by atoms with Gasteiger partial charge in [0.1, 0.15) is 6.20 Å². The van der Waals surface area contributed by atoms with Crippen molar-refractivity contribution in [2.24, 2.45) is 0 Å². The number of aromatic nitrogens is 2. The Hall–Kier alpha value is -1.43. The zero-order chi connectivity index (χ0) is 10.6. The molecule has 0 aromatic carbocycles. The van der Waals surface area contributed by atoms with Crippen molar-refractivity contribution in [2.45, 2.75) is 13.0 Å². The highest BCUT2D eigenvalue weighted by molar-refractivity contribution is 6.17. The number of nitrogens with zero attached hydrogens (tertiary/aromatic N) is 3. The van der Waals surface area contributed by atoms with Crippen molar-refractivity contribution >= 4 is 17.3 Å². The number of nitro groups is 1. The lowest BCUT2D eigenvalue weighted by molar-refractivity contribution is -0.385. The predicted molar refractivity (Wildman–Crippen MR) is 50.5 cm³/mol. The number of halogens is 1. The van der Waals surface area contributed by atoms with Crippen LogP contribution in [0, 0.1) is 10.1 Å². The molecular weight excluding hydrogens is 210 g/mol. The first-order chi connectivity index (χ1) is 6.65. The first kappa shape index (κ1) is 10.6. The zero-order valence-corrected chi connectivity index (χ0v) is 7.98. The quantitative estimate of drug-likeness (QED) is 0.424. The second-order valence-electron chi connectivity index (χ2n) is 2.59. The predicted octanol–water partition coefficient (Wildman–Crippen LogP) is 0.780. The molecule has 1 heterocycles. The molecule has 0 aliphatic heterocycles. The maximum Gasteiger partial charge on any atom is 0.347 e. The molecule has 0 N–H and O–H groups in total. The third kappa shape index (κ3) is 2.53. The molecule has 0 spiro atoms. The van der Waals surface area contributed by atoms with Crippen LogP contribution < -0.4 is 5.69 Å². The molecule has 0 atom stereocenters. The van der Waals surface area contributed by atoms with Crippen LogP contribution in [0.4, 0.5) is 5.69 Å². The normalized spacial score (nSPS) is 10.1. The molecule has 6 nitrogen and oxygen atoms in total. The van der Waals surface area contributed by atoms with Crippen molar-refractivity contribution in [3.05, 3.63) is 33.0 Å². The van der Waals surface area contributed by atoms with Gasteiger partial charge in [0.25, 0.3) is 0 Å². The lowest BCUT2D eigenvalue weighted by atomic mass is 10.4. The number of rotatable bonds is 4. The first-order valence-corrected chi connectivity index (χ1v) is 4.45. The molecule has 0 aliphatic carbocycles. The van der Waals surface area contributed by atoms with Crippen molar-refractivity contribution in [1.82, 2.24) is 9.55 Å². The van der Waals surface area contributed by atoms with Crippen LogP contribution in [0.2, 0.25) is 0 Å². The number of hydrogen-bond donors (Lipinski definition) is 0. The van der Waals surface area contributed by atoms with Crippen LogP contribution in [0.1, 0.15) is 6.42 Å². The van der Waals surface area contributed by atoms with Gasteiger partial charge in [-0.25, -0.2) is 4.79 Å². The number of alkyl halides is 1. The highest BCUT2D eigenvalue weighted by Gasteiger charge is 2.08. The Kier molecular flexibility index (Phi) is 3.58. The Morgan fingerprint density at radius 1 is 1.64 bits per heavy atom. The summed E-state index contributed by atoms with van der Waals surface area (Å²) in [5, 5.41) is 10.4. The molecule has 0 saturated heterocycles. The van der Waals surface area contributed by atoms with Gasteiger partial charge in [-0.05, 0) is 6.42 Å². The van der Waals surface area contributed by atoms with E-state index in [0.29, 0.717) is 18.8 Å². The Balaban J connectivity index is 2.96. The van der Waals surface area contributed by atoms with Crippen molar-refractivity contribution in [1.29, 1.82) is 0 Å². The van der Waals surface area contributed by atoms with Gasteiger partial charge in [-0.15, -0.1) is 11.6 Å². The van der Waals surface area contributed by atoms with Gasteiger partial charge in [-0.3, -0.25) is 14.7 Å². The molecule has 1 aromatic rings. The van der Waals surface area contributed by atoms with E-state index in [4.69, 9.17) is 11.6 Å². The average molecular weight is 218 g/mol. The van der Waals surface area contributed by atoms with Crippen LogP contribution in [-0.4, -0.2) is 20.4 Å². The molecule has 76 valence electrons. The average Bonchev–Trinajstić information content (AvgIpc) is 2.16. The minimum atomic E-state index is -0.594. The summed E-state index contributed by atoms with van der Waals surface area (Å²) >= 11 is 5.44. The second kappa shape index (κ2) is 4.71. The van der Waals surface area contributed by atoms with E-state index < -0.39 is 10.6 Å². The van der Waals surface area contributed by atoms with Crippen LogP contribution in [0.5, 0.6) is 0 Å². The molecule has 1 aromatic heterocycles. The number of hydrogen-bond acceptors (Lipinski definition) is 4. The topological polar surface area (TPSA) is 78.0 Å². The molecule has 7 heteroatoms. The van der Waals surface area contributed by atoms with Crippen molar-refractivity contribution in [2.75, 3.05) is 5.88 Å². The van der Waals surface area contributed by atoms with Crippen molar-refractivity contribution < 1.29 is 4.92 Å². The van der Waals surface area contributed by atoms with Crippen LogP contribution >= 0.6 is 11.6 Å². The lowest BCUT2D eigenvalue weighted by Crippen LogP contribution is -2.22. The number of aryl methyl sites for hydroxylation is 1. The molecule has 0 amide bonds. The van der Waals surface area contributed by atoms with Crippen LogP contribution in [0.25, 0.3) is 0 Å². The lowest BCUT2D eigenvalue weighted by Gasteiger charge is -2.01. The van der Waals surface area contributed by atoms with Crippen LogP contribution in [0.3, 0.4) is 0 Å². The third-order valence-electron chi connectivity index (χ3n) is 1.58. The summed E-state index contributed by atoms with van der Waals surface area (Å²) in [7, 11) is 0. The SMILES string of the molecule is O=c1ncc([N+](=O)[O-])cn1CCCCl. The smallest absolute Gasteiger partial charge is 0.292 e. The van der Waals surface area contributed by atoms with E-state index in [-0.39, 0.29) is 5.69 Å². The van der Waals surface area contributed by atoms with Gasteiger partial charge in [0.05, 0.1) is 11.1 Å². The van der Waals surface area contributed by atoms with E-state index in [1.165, 1.54) is 10.8 Å². The van der Waals surface area contributed by atoms with Crippen LogP contribution in [-0.2, 0) is 6.54 Å². The molecule has 0 aliphatic rings. The summed E-state index contributed by atoms with van der Waals surface area (Å²) in [6, 6.07) is 0. The van der Waals surface area contributed by atoms with E-state index in [0.717, 1.165) is 6.20 Å². The molecule has 0 radical (unpaired) electrons. The minimum Gasteiger partial charge on any atom is -0.292 e. The molecule has 14 heavy (non-hydrogen) atoms. The van der Waals surface area contributed by atoms with Gasteiger partial charge < -0.3 is 0 Å². The Labute approximate surface area is 84.3 Å². The van der Waals surface area contributed by atoms with Gasteiger partial charge in [0.2, 0.25) is 0 Å². The summed E-state index contributed by atoms with van der Waals surface area (Å²) in [4.78, 5) is 24.2. The molecule has 1 rings (SSSR count). The zero-order valence-electron chi connectivity index (χ0n) is 7.22. The standard InChI is InChI=1S/C7H8ClN3O3/c8-2-1-3-10-5-6(11(13)14)4-9-7(10)12/h4-5H,1-3H2. The Bertz CT molecular complexity index is 390. The van der Waals surface area contributed by atoms with E-state index in [1.54, 1.807) is 0 Å². The highest BCUT2D eigenvalue weighted by atomic mass is 35.5. The van der Waals surface area contributed by atoms with Gasteiger partial charge in [-0.2, -0.15) is 4.98 Å². The molecule has 0 unspecified atom stereocenters. The summed E-state index contributed by atoms with van der Waals surface area (Å²) in [6.45, 7) is 0.344. The fourth-order valence-corrected chi connectivity index (χ4v) is 1.05. The Morgan fingerprint density at radius 3 is 2.93 bits per heavy atom. The third-order valence-corrected chi connectivity index (χ3v) is 1.85. The minimum absolute atomic E-state index is 0.195. The second-order valence-corrected chi connectivity index (χ2v) is 2.97. The molecular formula is C7H8ClN3O3. The van der Waals surface area contributed by atoms with E-state index in [1.807, 2.05) is 0 Å². The summed E-state index contributed by atoms with van der Waals surface area (Å²) in [6.07, 6.45) is 2.69. The van der Waals surface area contributed by atoms with Crippen molar-refractivity contribution in [3.8, 4) is 0 Å². The van der Waals surface area contributed by atoms with Gasteiger partial charge in [0, 0.05) is 12.4 Å². The van der Waals surface area contributed by atoms with Gasteiger partial charge in [-0.1, -0.05) is 0 Å². The molecule has 0 fully saturated rings. The van der Waals surface area contributed by atoms with Gasteiger partial charge in [0.15, 0.2) is 0 Å². The van der Waals surface area contributed by atoms with Crippen LogP contribution in [0.15, 0.2) is 17.2 Å². The fraction of sp³-hybridized carbons (Fsp3) is 0.429. The first-order valence-electron chi connectivity index (χ1n) is 3.92. The summed E-state index contributed by atoms with van der Waals surface area (Å²) < 4.78 is 1.18. The van der Waals surface area contributed by atoms with E-state index >= 15 is 0 Å². The van der Waals surface area contributed by atoms with E-state index in [9.17, 15) is 14.9 Å². The molecule has 0 saturated carbocycles.